The van der Waals surface area contributed by atoms with Gasteiger partial charge in [0.25, 0.3) is 0 Å². The Morgan fingerprint density at radius 1 is 1.43 bits per heavy atom. The van der Waals surface area contributed by atoms with E-state index in [1.165, 1.54) is 13.0 Å². The number of hydrogen-bond donors (Lipinski definition) is 2. The van der Waals surface area contributed by atoms with E-state index in [1.807, 2.05) is 13.8 Å². The van der Waals surface area contributed by atoms with E-state index in [9.17, 15) is 15.0 Å². The molecular weight excluding hydrogens is 180 g/mol. The van der Waals surface area contributed by atoms with Gasteiger partial charge in [-0.2, -0.15) is 0 Å². The molecule has 0 rings (SSSR count). The van der Waals surface area contributed by atoms with Gasteiger partial charge in [-0.1, -0.05) is 33.4 Å². The summed E-state index contributed by atoms with van der Waals surface area (Å²) in [7, 11) is 0. The van der Waals surface area contributed by atoms with Crippen LogP contribution in [0.4, 0.5) is 0 Å². The molecule has 0 saturated heterocycles. The van der Waals surface area contributed by atoms with E-state index in [1.54, 1.807) is 6.92 Å². The van der Waals surface area contributed by atoms with Crippen LogP contribution < -0.4 is 0 Å². The van der Waals surface area contributed by atoms with Crippen molar-refractivity contribution in [2.45, 2.75) is 39.4 Å². The predicted molar refractivity (Wildman–Crippen MR) is 55.8 cm³/mol. The highest BCUT2D eigenvalue weighted by atomic mass is 16.3. The van der Waals surface area contributed by atoms with Crippen LogP contribution >= 0.6 is 0 Å². The highest BCUT2D eigenvalue weighted by Gasteiger charge is 2.35. The largest absolute Gasteiger partial charge is 0.392 e. The molecule has 0 aromatic heterocycles. The summed E-state index contributed by atoms with van der Waals surface area (Å²) in [5.41, 5.74) is -1.55. The van der Waals surface area contributed by atoms with Crippen LogP contribution in [0.2, 0.25) is 0 Å². The minimum Gasteiger partial charge on any atom is -0.392 e. The lowest BCUT2D eigenvalue weighted by Crippen LogP contribution is -2.42. The van der Waals surface area contributed by atoms with Crippen molar-refractivity contribution in [2.75, 3.05) is 0 Å². The molecule has 0 saturated carbocycles. The second-order valence-corrected chi connectivity index (χ2v) is 4.24. The fraction of sp³-hybridized carbons (Fsp3) is 0.727. The first-order valence-corrected chi connectivity index (χ1v) is 4.82. The molecule has 82 valence electrons. The van der Waals surface area contributed by atoms with Gasteiger partial charge in [0.05, 0.1) is 6.10 Å². The SMILES string of the molecule is C=C[C@@](C)(O)C(=O)[C@H](C)[C@@H](O)C(C)C. The van der Waals surface area contributed by atoms with Gasteiger partial charge >= 0.3 is 0 Å². The minimum atomic E-state index is -1.55. The van der Waals surface area contributed by atoms with Gasteiger partial charge in [0.15, 0.2) is 5.78 Å². The molecule has 0 unspecified atom stereocenters. The lowest BCUT2D eigenvalue weighted by molar-refractivity contribution is -0.139. The standard InChI is InChI=1S/C11H20O3/c1-6-11(5,14)10(13)8(4)9(12)7(2)3/h6-9,12,14H,1H2,2-5H3/t8-,9+,11-/m1/s1. The maximum atomic E-state index is 11.7. The average Bonchev–Trinajstić information content (AvgIpc) is 2.14. The summed E-state index contributed by atoms with van der Waals surface area (Å²) in [6, 6.07) is 0. The molecule has 14 heavy (non-hydrogen) atoms. The molecule has 0 fully saturated rings. The normalized spacial score (nSPS) is 19.9. The third kappa shape index (κ3) is 2.93. The number of aliphatic hydroxyl groups is 2. The van der Waals surface area contributed by atoms with Crippen molar-refractivity contribution < 1.29 is 15.0 Å². The van der Waals surface area contributed by atoms with Gasteiger partial charge in [0.2, 0.25) is 0 Å². The third-order valence-electron chi connectivity index (χ3n) is 2.51. The Bertz CT molecular complexity index is 219. The zero-order chi connectivity index (χ0) is 11.5. The van der Waals surface area contributed by atoms with Gasteiger partial charge in [-0.05, 0) is 12.8 Å². The number of hydrogen-bond acceptors (Lipinski definition) is 3. The Morgan fingerprint density at radius 3 is 2.14 bits per heavy atom. The summed E-state index contributed by atoms with van der Waals surface area (Å²) in [6.45, 7) is 10.0. The lowest BCUT2D eigenvalue weighted by Gasteiger charge is -2.26. The predicted octanol–water partition coefficient (Wildman–Crippen LogP) is 1.15. The lowest BCUT2D eigenvalue weighted by atomic mass is 9.84. The zero-order valence-corrected chi connectivity index (χ0v) is 9.32. The summed E-state index contributed by atoms with van der Waals surface area (Å²) >= 11 is 0. The average molecular weight is 200 g/mol. The Morgan fingerprint density at radius 2 is 1.86 bits per heavy atom. The zero-order valence-electron chi connectivity index (χ0n) is 9.32. The monoisotopic (exact) mass is 200 g/mol. The van der Waals surface area contributed by atoms with Crippen LogP contribution in [0.3, 0.4) is 0 Å². The van der Waals surface area contributed by atoms with Crippen LogP contribution in [0.25, 0.3) is 0 Å². The molecule has 0 spiro atoms. The van der Waals surface area contributed by atoms with E-state index in [2.05, 4.69) is 6.58 Å². The first-order chi connectivity index (χ1) is 6.24. The second kappa shape index (κ2) is 4.71. The number of Topliss-reactive ketones (excluding diaryl/α,β-unsaturated/α-hetero) is 1. The Hall–Kier alpha value is -0.670. The molecule has 0 amide bonds. The summed E-state index contributed by atoms with van der Waals surface area (Å²) in [5, 5.41) is 19.3. The fourth-order valence-electron chi connectivity index (χ4n) is 1.29. The number of carbonyl (C=O) groups is 1. The molecule has 0 aromatic rings. The van der Waals surface area contributed by atoms with Crippen molar-refractivity contribution in [3.05, 3.63) is 12.7 Å². The maximum Gasteiger partial charge on any atom is 0.173 e. The molecule has 0 aliphatic rings. The minimum absolute atomic E-state index is 0.00503. The van der Waals surface area contributed by atoms with Crippen molar-refractivity contribution in [2.24, 2.45) is 11.8 Å². The van der Waals surface area contributed by atoms with Gasteiger partial charge in [0, 0.05) is 5.92 Å². The molecule has 0 bridgehead atoms. The summed E-state index contributed by atoms with van der Waals surface area (Å²) in [5.74, 6) is -0.980. The fourth-order valence-corrected chi connectivity index (χ4v) is 1.29. The molecule has 0 aliphatic heterocycles. The summed E-state index contributed by atoms with van der Waals surface area (Å²) < 4.78 is 0. The first kappa shape index (κ1) is 13.3. The topological polar surface area (TPSA) is 57.5 Å². The highest BCUT2D eigenvalue weighted by Crippen LogP contribution is 2.20. The van der Waals surface area contributed by atoms with Crippen LogP contribution in [0.5, 0.6) is 0 Å². The maximum absolute atomic E-state index is 11.7. The number of rotatable bonds is 5. The highest BCUT2D eigenvalue weighted by molar-refractivity contribution is 5.90. The van der Waals surface area contributed by atoms with Crippen LogP contribution in [-0.4, -0.2) is 27.7 Å². The number of carbonyl (C=O) groups excluding carboxylic acids is 1. The van der Waals surface area contributed by atoms with Crippen molar-refractivity contribution in [1.82, 2.24) is 0 Å². The van der Waals surface area contributed by atoms with Crippen molar-refractivity contribution in [1.29, 1.82) is 0 Å². The molecule has 3 atom stereocenters. The molecule has 0 aromatic carbocycles. The Labute approximate surface area is 85.4 Å². The first-order valence-electron chi connectivity index (χ1n) is 4.82. The van der Waals surface area contributed by atoms with E-state index in [4.69, 9.17) is 0 Å². The molecule has 0 radical (unpaired) electrons. The van der Waals surface area contributed by atoms with Crippen molar-refractivity contribution in [3.8, 4) is 0 Å². The molecule has 2 N–H and O–H groups in total. The molecular formula is C11H20O3. The smallest absolute Gasteiger partial charge is 0.173 e. The van der Waals surface area contributed by atoms with Crippen LogP contribution in [-0.2, 0) is 4.79 Å². The summed E-state index contributed by atoms with van der Waals surface area (Å²) in [4.78, 5) is 11.7. The van der Waals surface area contributed by atoms with E-state index >= 15 is 0 Å². The van der Waals surface area contributed by atoms with E-state index in [0.29, 0.717) is 0 Å². The molecule has 0 heterocycles. The molecule has 3 nitrogen and oxygen atoms in total. The van der Waals surface area contributed by atoms with E-state index < -0.39 is 23.4 Å². The van der Waals surface area contributed by atoms with Crippen molar-refractivity contribution >= 4 is 5.78 Å². The van der Waals surface area contributed by atoms with Gasteiger partial charge in [-0.15, -0.1) is 0 Å². The van der Waals surface area contributed by atoms with Crippen LogP contribution in [0.1, 0.15) is 27.7 Å². The van der Waals surface area contributed by atoms with Gasteiger partial charge < -0.3 is 10.2 Å². The Kier molecular flexibility index (Phi) is 4.49. The Balaban J connectivity index is 4.63. The van der Waals surface area contributed by atoms with Crippen LogP contribution in [0.15, 0.2) is 12.7 Å². The molecule has 3 heteroatoms. The third-order valence-corrected chi connectivity index (χ3v) is 2.51. The van der Waals surface area contributed by atoms with Crippen LogP contribution in [0, 0.1) is 11.8 Å². The van der Waals surface area contributed by atoms with Crippen molar-refractivity contribution in [3.63, 3.8) is 0 Å². The quantitative estimate of drug-likeness (QED) is 0.654. The summed E-state index contributed by atoms with van der Waals surface area (Å²) in [6.07, 6.45) is 0.465. The van der Waals surface area contributed by atoms with Gasteiger partial charge in [-0.3, -0.25) is 4.79 Å². The van der Waals surface area contributed by atoms with Gasteiger partial charge in [0.1, 0.15) is 5.60 Å². The number of aliphatic hydroxyl groups excluding tert-OH is 1. The van der Waals surface area contributed by atoms with E-state index in [-0.39, 0.29) is 5.92 Å². The molecule has 0 aliphatic carbocycles. The number of ketones is 1. The van der Waals surface area contributed by atoms with E-state index in [0.717, 1.165) is 0 Å². The van der Waals surface area contributed by atoms with Gasteiger partial charge in [-0.25, -0.2) is 0 Å². The second-order valence-electron chi connectivity index (χ2n) is 4.24.